The number of hydrogen-bond acceptors (Lipinski definition) is 2. The largest absolute Gasteiger partial charge is 0.480 e. The fourth-order valence-electron chi connectivity index (χ4n) is 0.140. The summed E-state index contributed by atoms with van der Waals surface area (Å²) in [5.41, 5.74) is 0. The van der Waals surface area contributed by atoms with Crippen LogP contribution in [0.3, 0.4) is 0 Å². The van der Waals surface area contributed by atoms with E-state index in [1.54, 1.807) is 0 Å². The Labute approximate surface area is 54.1 Å². The van der Waals surface area contributed by atoms with Gasteiger partial charge in [-0.25, -0.2) is 0 Å². The van der Waals surface area contributed by atoms with Crippen molar-refractivity contribution in [2.45, 2.75) is 11.4 Å². The highest BCUT2D eigenvalue weighted by Crippen LogP contribution is 2.24. The standard InChI is InChI=1S/C3H3F3O2S/c4-3(5,6)1(9)2(7)8/h1,9H,(H,7,8). The maximum absolute atomic E-state index is 11.2. The minimum atomic E-state index is -4.76. The number of carboxylic acid groups (broad SMARTS) is 1. The second kappa shape index (κ2) is 2.47. The number of alkyl halides is 3. The number of thiol groups is 1. The van der Waals surface area contributed by atoms with Gasteiger partial charge < -0.3 is 5.11 Å². The van der Waals surface area contributed by atoms with E-state index in [2.05, 4.69) is 12.6 Å². The molecular formula is C3H3F3O2S. The van der Waals surface area contributed by atoms with Gasteiger partial charge in [-0.05, 0) is 0 Å². The maximum atomic E-state index is 11.2. The minimum absolute atomic E-state index is 1.98. The van der Waals surface area contributed by atoms with Crippen molar-refractivity contribution in [2.24, 2.45) is 0 Å². The van der Waals surface area contributed by atoms with Crippen molar-refractivity contribution in [1.82, 2.24) is 0 Å². The molecule has 6 heteroatoms. The van der Waals surface area contributed by atoms with E-state index >= 15 is 0 Å². The van der Waals surface area contributed by atoms with Crippen LogP contribution in [0.2, 0.25) is 0 Å². The summed E-state index contributed by atoms with van der Waals surface area (Å²) >= 11 is 2.78. The molecule has 0 aliphatic heterocycles. The number of carboxylic acids is 1. The summed E-state index contributed by atoms with van der Waals surface area (Å²) in [5, 5.41) is 5.15. The van der Waals surface area contributed by atoms with Gasteiger partial charge in [0.2, 0.25) is 0 Å². The third-order valence-electron chi connectivity index (χ3n) is 0.544. The molecule has 0 fully saturated rings. The molecule has 0 saturated carbocycles. The maximum Gasteiger partial charge on any atom is 0.410 e. The average molecular weight is 160 g/mol. The second-order valence-electron chi connectivity index (χ2n) is 1.28. The molecule has 2 nitrogen and oxygen atoms in total. The molecule has 1 N–H and O–H groups in total. The van der Waals surface area contributed by atoms with Crippen LogP contribution in [-0.2, 0) is 4.79 Å². The van der Waals surface area contributed by atoms with Gasteiger partial charge in [0.05, 0.1) is 0 Å². The minimum Gasteiger partial charge on any atom is -0.480 e. The molecule has 0 aromatic rings. The first-order valence-electron chi connectivity index (χ1n) is 1.83. The Hall–Kier alpha value is -0.390. The number of carbonyl (C=O) groups is 1. The zero-order valence-corrected chi connectivity index (χ0v) is 4.91. The molecule has 0 aromatic carbocycles. The fourth-order valence-corrected chi connectivity index (χ4v) is 0.140. The van der Waals surface area contributed by atoms with Gasteiger partial charge in [0.15, 0.2) is 5.25 Å². The monoisotopic (exact) mass is 160 g/mol. The molecule has 0 saturated heterocycles. The smallest absolute Gasteiger partial charge is 0.410 e. The van der Waals surface area contributed by atoms with Crippen LogP contribution in [-0.4, -0.2) is 22.5 Å². The number of aliphatic carboxylic acids is 1. The quantitative estimate of drug-likeness (QED) is 0.560. The van der Waals surface area contributed by atoms with Gasteiger partial charge in [0.1, 0.15) is 0 Å². The number of halogens is 3. The van der Waals surface area contributed by atoms with Crippen LogP contribution in [0.15, 0.2) is 0 Å². The summed E-state index contributed by atoms with van der Waals surface area (Å²) in [6.45, 7) is 0. The summed E-state index contributed by atoms with van der Waals surface area (Å²) in [7, 11) is 0. The highest BCUT2D eigenvalue weighted by molar-refractivity contribution is 7.81. The number of rotatable bonds is 1. The average Bonchev–Trinajstić information content (AvgIpc) is 1.62. The highest BCUT2D eigenvalue weighted by atomic mass is 32.1. The summed E-state index contributed by atoms with van der Waals surface area (Å²) in [6.07, 6.45) is -4.76. The zero-order chi connectivity index (χ0) is 7.65. The van der Waals surface area contributed by atoms with Gasteiger partial charge in [-0.1, -0.05) is 0 Å². The fraction of sp³-hybridized carbons (Fsp3) is 0.667. The third-order valence-corrected chi connectivity index (χ3v) is 1.06. The van der Waals surface area contributed by atoms with Crippen molar-refractivity contribution < 1.29 is 23.1 Å². The topological polar surface area (TPSA) is 37.3 Å². The number of hydrogen-bond donors (Lipinski definition) is 2. The molecule has 54 valence electrons. The van der Waals surface area contributed by atoms with Crippen LogP contribution in [0.5, 0.6) is 0 Å². The van der Waals surface area contributed by atoms with Gasteiger partial charge in [-0.15, -0.1) is 0 Å². The van der Waals surface area contributed by atoms with E-state index in [4.69, 9.17) is 5.11 Å². The SMILES string of the molecule is O=C(O)C(S)C(F)(F)F. The molecule has 1 unspecified atom stereocenters. The Morgan fingerprint density at radius 3 is 1.89 bits per heavy atom. The summed E-state index contributed by atoms with van der Waals surface area (Å²) in [5.74, 6) is -1.98. The molecule has 0 aromatic heterocycles. The zero-order valence-electron chi connectivity index (χ0n) is 4.01. The van der Waals surface area contributed by atoms with E-state index in [9.17, 15) is 18.0 Å². The van der Waals surface area contributed by atoms with E-state index < -0.39 is 17.4 Å². The van der Waals surface area contributed by atoms with Gasteiger partial charge >= 0.3 is 12.1 Å². The van der Waals surface area contributed by atoms with Crippen LogP contribution >= 0.6 is 12.6 Å². The van der Waals surface area contributed by atoms with Crippen LogP contribution in [0.4, 0.5) is 13.2 Å². The van der Waals surface area contributed by atoms with Crippen molar-refractivity contribution in [3.63, 3.8) is 0 Å². The second-order valence-corrected chi connectivity index (χ2v) is 1.80. The molecule has 0 aliphatic carbocycles. The van der Waals surface area contributed by atoms with Crippen molar-refractivity contribution in [3.8, 4) is 0 Å². The lowest BCUT2D eigenvalue weighted by atomic mass is 10.4. The Morgan fingerprint density at radius 1 is 1.56 bits per heavy atom. The Morgan fingerprint density at radius 2 is 1.89 bits per heavy atom. The predicted molar refractivity (Wildman–Crippen MR) is 26.5 cm³/mol. The molecule has 1 atom stereocenters. The molecule has 0 radical (unpaired) electrons. The Kier molecular flexibility index (Phi) is 2.36. The van der Waals surface area contributed by atoms with Gasteiger partial charge in [0, 0.05) is 0 Å². The van der Waals surface area contributed by atoms with Gasteiger partial charge in [-0.2, -0.15) is 25.8 Å². The van der Waals surface area contributed by atoms with Crippen LogP contribution in [0.1, 0.15) is 0 Å². The van der Waals surface area contributed by atoms with Crippen molar-refractivity contribution in [3.05, 3.63) is 0 Å². The van der Waals surface area contributed by atoms with Crippen LogP contribution in [0, 0.1) is 0 Å². The molecule has 0 aliphatic rings. The lowest BCUT2D eigenvalue weighted by Crippen LogP contribution is -2.31. The molecule has 9 heavy (non-hydrogen) atoms. The van der Waals surface area contributed by atoms with E-state index in [-0.39, 0.29) is 0 Å². The van der Waals surface area contributed by atoms with E-state index in [0.717, 1.165) is 0 Å². The lowest BCUT2D eigenvalue weighted by molar-refractivity contribution is -0.162. The van der Waals surface area contributed by atoms with E-state index in [1.165, 1.54) is 0 Å². The normalized spacial score (nSPS) is 15.1. The Bertz CT molecular complexity index is 121. The van der Waals surface area contributed by atoms with Crippen molar-refractivity contribution in [1.29, 1.82) is 0 Å². The molecular weight excluding hydrogens is 157 g/mol. The molecule has 0 bridgehead atoms. The van der Waals surface area contributed by atoms with E-state index in [0.29, 0.717) is 0 Å². The first-order chi connectivity index (χ1) is 3.85. The summed E-state index contributed by atoms with van der Waals surface area (Å²) < 4.78 is 33.7. The van der Waals surface area contributed by atoms with E-state index in [1.807, 2.05) is 0 Å². The van der Waals surface area contributed by atoms with Gasteiger partial charge in [-0.3, -0.25) is 4.79 Å². The van der Waals surface area contributed by atoms with Gasteiger partial charge in [0.25, 0.3) is 0 Å². The molecule has 0 amide bonds. The molecule has 0 rings (SSSR count). The van der Waals surface area contributed by atoms with Crippen LogP contribution in [0.25, 0.3) is 0 Å². The third kappa shape index (κ3) is 2.59. The molecule has 0 heterocycles. The highest BCUT2D eigenvalue weighted by Gasteiger charge is 2.42. The lowest BCUT2D eigenvalue weighted by Gasteiger charge is -2.08. The first kappa shape index (κ1) is 8.61. The molecule has 0 spiro atoms. The van der Waals surface area contributed by atoms with Crippen LogP contribution < -0.4 is 0 Å². The Balaban J connectivity index is 4.04. The predicted octanol–water partition coefficient (Wildman–Crippen LogP) is 0.932. The summed E-state index contributed by atoms with van der Waals surface area (Å²) in [4.78, 5) is 9.55. The van der Waals surface area contributed by atoms with Crippen molar-refractivity contribution >= 4 is 18.6 Å². The van der Waals surface area contributed by atoms with Crippen molar-refractivity contribution in [2.75, 3.05) is 0 Å². The first-order valence-corrected chi connectivity index (χ1v) is 2.35. The summed E-state index contributed by atoms with van der Waals surface area (Å²) in [6, 6.07) is 0.